The first-order chi connectivity index (χ1) is 17.0. The maximum absolute atomic E-state index is 13.5. The van der Waals surface area contributed by atoms with Crippen LogP contribution in [-0.4, -0.2) is 85.4 Å². The van der Waals surface area contributed by atoms with E-state index < -0.39 is 0 Å². The van der Waals surface area contributed by atoms with Gasteiger partial charge in [-0.1, -0.05) is 6.42 Å². The van der Waals surface area contributed by atoms with Gasteiger partial charge in [-0.2, -0.15) is 0 Å². The van der Waals surface area contributed by atoms with Gasteiger partial charge in [0, 0.05) is 32.3 Å². The number of ether oxygens (including phenoxy) is 3. The minimum Gasteiger partial charge on any atom is -0.493 e. The quantitative estimate of drug-likeness (QED) is 0.538. The smallest absolute Gasteiger partial charge is 0.262 e. The van der Waals surface area contributed by atoms with Crippen LogP contribution in [-0.2, 0) is 16.1 Å². The molecule has 2 aromatic rings. The lowest BCUT2D eigenvalue weighted by Gasteiger charge is -2.45. The van der Waals surface area contributed by atoms with E-state index in [1.54, 1.807) is 33.3 Å². The van der Waals surface area contributed by atoms with Crippen LogP contribution >= 0.6 is 0 Å². The number of benzene rings is 1. The number of piperidine rings is 2. The number of hydrogen-bond acceptors (Lipinski definition) is 7. The molecule has 0 spiro atoms. The first kappa shape index (κ1) is 25.4. The molecule has 1 amide bonds. The highest BCUT2D eigenvalue weighted by atomic mass is 16.5. The van der Waals surface area contributed by atoms with Gasteiger partial charge in [0.15, 0.2) is 11.5 Å². The lowest BCUT2D eigenvalue weighted by Crippen LogP contribution is -2.52. The van der Waals surface area contributed by atoms with Crippen molar-refractivity contribution in [2.24, 2.45) is 5.92 Å². The molecule has 9 nitrogen and oxygen atoms in total. The molecular weight excluding hydrogens is 448 g/mol. The second-order valence-electron chi connectivity index (χ2n) is 9.61. The highest BCUT2D eigenvalue weighted by Crippen LogP contribution is 2.32. The number of amides is 1. The van der Waals surface area contributed by atoms with Gasteiger partial charge < -0.3 is 24.0 Å². The summed E-state index contributed by atoms with van der Waals surface area (Å²) in [6.45, 7) is 5.71. The molecule has 4 rings (SSSR count). The summed E-state index contributed by atoms with van der Waals surface area (Å²) in [5.74, 6) is 1.83. The average Bonchev–Trinajstić information content (AvgIpc) is 2.88. The van der Waals surface area contributed by atoms with Crippen LogP contribution in [0.1, 0.15) is 37.9 Å². The molecular formula is C26H38N4O5. The van der Waals surface area contributed by atoms with Gasteiger partial charge in [-0.15, -0.1) is 0 Å². The van der Waals surface area contributed by atoms with E-state index in [9.17, 15) is 9.59 Å². The monoisotopic (exact) mass is 486 g/mol. The Hall–Kier alpha value is -2.65. The van der Waals surface area contributed by atoms with Gasteiger partial charge in [-0.05, 0) is 57.7 Å². The fourth-order valence-electron chi connectivity index (χ4n) is 5.67. The molecule has 2 fully saturated rings. The SMILES string of the molecule is COCCN(C[C@@H]1CCCN2CCCC[C@H]12)C(=O)Cn1c(C)nc2cc(OC)c(OC)cc2c1=O. The van der Waals surface area contributed by atoms with E-state index >= 15 is 0 Å². The number of carbonyl (C=O) groups excluding carboxylic acids is 1. The number of fused-ring (bicyclic) bond motifs is 2. The van der Waals surface area contributed by atoms with Crippen molar-refractivity contribution in [3.05, 3.63) is 28.3 Å². The van der Waals surface area contributed by atoms with E-state index in [4.69, 9.17) is 14.2 Å². The molecule has 1 aromatic carbocycles. The Kier molecular flexibility index (Phi) is 8.28. The van der Waals surface area contributed by atoms with Gasteiger partial charge in [0.25, 0.3) is 5.56 Å². The summed E-state index contributed by atoms with van der Waals surface area (Å²) in [4.78, 5) is 36.0. The molecule has 0 saturated carbocycles. The van der Waals surface area contributed by atoms with Gasteiger partial charge in [-0.25, -0.2) is 4.98 Å². The van der Waals surface area contributed by atoms with Crippen molar-refractivity contribution in [3.8, 4) is 11.5 Å². The summed E-state index contributed by atoms with van der Waals surface area (Å²) in [7, 11) is 4.72. The van der Waals surface area contributed by atoms with Crippen molar-refractivity contribution in [3.63, 3.8) is 0 Å². The summed E-state index contributed by atoms with van der Waals surface area (Å²) in [6.07, 6.45) is 6.04. The Bertz CT molecular complexity index is 1100. The van der Waals surface area contributed by atoms with Gasteiger partial charge in [0.2, 0.25) is 5.91 Å². The van der Waals surface area contributed by atoms with Crippen LogP contribution in [0.3, 0.4) is 0 Å². The van der Waals surface area contributed by atoms with Crippen molar-refractivity contribution in [2.45, 2.75) is 51.6 Å². The molecule has 0 N–H and O–H groups in total. The van der Waals surface area contributed by atoms with Crippen LogP contribution in [0.15, 0.2) is 16.9 Å². The summed E-state index contributed by atoms with van der Waals surface area (Å²) in [6, 6.07) is 3.87. The first-order valence-corrected chi connectivity index (χ1v) is 12.6. The van der Waals surface area contributed by atoms with E-state index in [0.717, 1.165) is 6.42 Å². The zero-order chi connectivity index (χ0) is 24.9. The fourth-order valence-corrected chi connectivity index (χ4v) is 5.67. The van der Waals surface area contributed by atoms with Crippen LogP contribution in [0.4, 0.5) is 0 Å². The van der Waals surface area contributed by atoms with Crippen LogP contribution in [0.2, 0.25) is 0 Å². The Morgan fingerprint density at radius 3 is 2.57 bits per heavy atom. The molecule has 35 heavy (non-hydrogen) atoms. The van der Waals surface area contributed by atoms with E-state index in [1.807, 2.05) is 4.90 Å². The third-order valence-corrected chi connectivity index (χ3v) is 7.55. The second kappa shape index (κ2) is 11.4. The first-order valence-electron chi connectivity index (χ1n) is 12.6. The Labute approximate surface area is 207 Å². The predicted molar refractivity (Wildman–Crippen MR) is 134 cm³/mol. The lowest BCUT2D eigenvalue weighted by molar-refractivity contribution is -0.134. The predicted octanol–water partition coefficient (Wildman–Crippen LogP) is 2.46. The number of hydrogen-bond donors (Lipinski definition) is 0. The molecule has 0 radical (unpaired) electrons. The van der Waals surface area contributed by atoms with Gasteiger partial charge in [-0.3, -0.25) is 14.2 Å². The van der Waals surface area contributed by atoms with E-state index in [0.29, 0.717) is 59.9 Å². The summed E-state index contributed by atoms with van der Waals surface area (Å²) >= 11 is 0. The molecule has 3 heterocycles. The minimum atomic E-state index is -0.260. The van der Waals surface area contributed by atoms with Crippen molar-refractivity contribution in [1.82, 2.24) is 19.4 Å². The Balaban J connectivity index is 1.58. The zero-order valence-corrected chi connectivity index (χ0v) is 21.4. The lowest BCUT2D eigenvalue weighted by atomic mass is 9.83. The third-order valence-electron chi connectivity index (χ3n) is 7.55. The van der Waals surface area contributed by atoms with Crippen molar-refractivity contribution >= 4 is 16.8 Å². The van der Waals surface area contributed by atoms with Crippen LogP contribution < -0.4 is 15.0 Å². The van der Waals surface area contributed by atoms with E-state index in [2.05, 4.69) is 9.88 Å². The van der Waals surface area contributed by atoms with Crippen molar-refractivity contribution in [2.75, 3.05) is 54.1 Å². The molecule has 0 bridgehead atoms. The molecule has 192 valence electrons. The van der Waals surface area contributed by atoms with E-state index in [1.165, 1.54) is 50.4 Å². The zero-order valence-electron chi connectivity index (χ0n) is 21.4. The van der Waals surface area contributed by atoms with Gasteiger partial charge in [0.05, 0.1) is 31.7 Å². The summed E-state index contributed by atoms with van der Waals surface area (Å²) < 4.78 is 17.5. The molecule has 2 saturated heterocycles. The van der Waals surface area contributed by atoms with Gasteiger partial charge in [0.1, 0.15) is 12.4 Å². The molecule has 2 aliphatic heterocycles. The number of aromatic nitrogens is 2. The molecule has 0 aliphatic carbocycles. The normalized spacial score (nSPS) is 20.5. The second-order valence-corrected chi connectivity index (χ2v) is 9.61. The topological polar surface area (TPSA) is 86.1 Å². The number of methoxy groups -OCH3 is 3. The summed E-state index contributed by atoms with van der Waals surface area (Å²) in [5.41, 5.74) is 0.259. The summed E-state index contributed by atoms with van der Waals surface area (Å²) in [5, 5.41) is 0.398. The largest absolute Gasteiger partial charge is 0.493 e. The highest BCUT2D eigenvalue weighted by molar-refractivity contribution is 5.82. The van der Waals surface area contributed by atoms with Crippen LogP contribution in [0.5, 0.6) is 11.5 Å². The van der Waals surface area contributed by atoms with Crippen LogP contribution in [0, 0.1) is 12.8 Å². The number of aryl methyl sites for hydroxylation is 1. The van der Waals surface area contributed by atoms with Crippen LogP contribution in [0.25, 0.3) is 10.9 Å². The fraction of sp³-hybridized carbons (Fsp3) is 0.654. The number of rotatable bonds is 9. The minimum absolute atomic E-state index is 0.0488. The van der Waals surface area contributed by atoms with E-state index in [-0.39, 0.29) is 18.0 Å². The molecule has 1 aromatic heterocycles. The molecule has 0 unspecified atom stereocenters. The molecule has 9 heteroatoms. The number of nitrogens with zero attached hydrogens (tertiary/aromatic N) is 4. The number of carbonyl (C=O) groups is 1. The molecule has 2 aliphatic rings. The molecule has 2 atom stereocenters. The van der Waals surface area contributed by atoms with Gasteiger partial charge >= 0.3 is 0 Å². The Morgan fingerprint density at radius 1 is 1.09 bits per heavy atom. The third kappa shape index (κ3) is 5.46. The van der Waals surface area contributed by atoms with Crippen molar-refractivity contribution in [1.29, 1.82) is 0 Å². The maximum atomic E-state index is 13.5. The Morgan fingerprint density at radius 2 is 1.83 bits per heavy atom. The van der Waals surface area contributed by atoms with Crippen molar-refractivity contribution < 1.29 is 19.0 Å². The highest BCUT2D eigenvalue weighted by Gasteiger charge is 2.34. The average molecular weight is 487 g/mol. The standard InChI is InChI=1S/C26H38N4O5/c1-18-27-21-15-24(35-4)23(34-3)14-20(21)26(32)30(18)17-25(31)29(12-13-33-2)16-19-8-7-11-28-10-6-5-9-22(19)28/h14-15,19,22H,5-13,16-17H2,1-4H3/t19-,22+/m0/s1. The maximum Gasteiger partial charge on any atom is 0.262 e.